The highest BCUT2D eigenvalue weighted by molar-refractivity contribution is 9.10. The minimum absolute atomic E-state index is 0.0115. The van der Waals surface area contributed by atoms with E-state index < -0.39 is 0 Å². The maximum absolute atomic E-state index is 12.3. The minimum Gasteiger partial charge on any atom is -0.497 e. The summed E-state index contributed by atoms with van der Waals surface area (Å²) in [6, 6.07) is 14.3. The van der Waals surface area contributed by atoms with Crippen LogP contribution in [0.4, 0.5) is 0 Å². The van der Waals surface area contributed by atoms with E-state index in [1.165, 1.54) is 11.1 Å². The van der Waals surface area contributed by atoms with E-state index in [0.29, 0.717) is 0 Å². The molecule has 5 heteroatoms. The maximum atomic E-state index is 12.3. The summed E-state index contributed by atoms with van der Waals surface area (Å²) in [6.45, 7) is 1.60. The smallest absolute Gasteiger partial charge is 0.238 e. The molecule has 4 nitrogen and oxygen atoms in total. The van der Waals surface area contributed by atoms with Crippen LogP contribution in [0.1, 0.15) is 36.1 Å². The Morgan fingerprint density at radius 3 is 2.64 bits per heavy atom. The van der Waals surface area contributed by atoms with Crippen LogP contribution in [0.2, 0.25) is 0 Å². The van der Waals surface area contributed by atoms with E-state index in [1.54, 1.807) is 19.0 Å². The Morgan fingerprint density at radius 1 is 1.20 bits per heavy atom. The average Bonchev–Trinajstić information content (AvgIpc) is 3.02. The number of amides is 1. The van der Waals surface area contributed by atoms with Crippen LogP contribution < -0.4 is 10.2 Å². The van der Waals surface area contributed by atoms with Gasteiger partial charge in [-0.1, -0.05) is 28.1 Å². The van der Waals surface area contributed by atoms with E-state index in [4.69, 9.17) is 4.74 Å². The summed E-state index contributed by atoms with van der Waals surface area (Å²) in [7, 11) is 1.68. The van der Waals surface area contributed by atoms with Gasteiger partial charge in [0, 0.05) is 17.0 Å². The molecule has 2 aliphatic rings. The largest absolute Gasteiger partial charge is 0.497 e. The summed E-state index contributed by atoms with van der Waals surface area (Å²) in [4.78, 5) is 12.3. The number of fused-ring (bicyclic) bond motifs is 2. The summed E-state index contributed by atoms with van der Waals surface area (Å²) >= 11 is 3.48. The van der Waals surface area contributed by atoms with Gasteiger partial charge in [-0.3, -0.25) is 10.2 Å². The molecule has 1 atom stereocenters. The van der Waals surface area contributed by atoms with E-state index in [0.717, 1.165) is 39.9 Å². The van der Waals surface area contributed by atoms with Crippen molar-refractivity contribution in [2.75, 3.05) is 7.11 Å². The van der Waals surface area contributed by atoms with Crippen molar-refractivity contribution in [1.29, 1.82) is 0 Å². The molecule has 4 rings (SSSR count). The molecule has 1 heterocycles. The van der Waals surface area contributed by atoms with Crippen LogP contribution in [0, 0.1) is 0 Å². The monoisotopic (exact) mass is 398 g/mol. The van der Waals surface area contributed by atoms with Crippen LogP contribution in [-0.2, 0) is 11.2 Å². The second-order valence-electron chi connectivity index (χ2n) is 6.38. The molecule has 1 aliphatic heterocycles. The van der Waals surface area contributed by atoms with E-state index in [-0.39, 0.29) is 11.9 Å². The lowest BCUT2D eigenvalue weighted by Gasteiger charge is -2.25. The first-order valence-electron chi connectivity index (χ1n) is 8.30. The molecule has 2 aromatic rings. The molecule has 0 spiro atoms. The Hall–Kier alpha value is -2.27. The SMILES string of the molecule is COc1ccc2c(c1)CCC1=C2NN(C(C)=O)C1c1ccc(Br)cc1. The number of halogens is 1. The number of nitrogens with one attached hydrogen (secondary N) is 1. The number of ether oxygens (including phenoxy) is 1. The number of methoxy groups -OCH3 is 1. The third-order valence-corrected chi connectivity index (χ3v) is 5.44. The Morgan fingerprint density at radius 2 is 1.96 bits per heavy atom. The Bertz CT molecular complexity index is 874. The molecule has 0 bridgehead atoms. The number of nitrogens with zero attached hydrogens (tertiary/aromatic N) is 1. The first-order valence-corrected chi connectivity index (χ1v) is 9.10. The summed E-state index contributed by atoms with van der Waals surface area (Å²) in [5.74, 6) is 0.881. The summed E-state index contributed by atoms with van der Waals surface area (Å²) in [5.41, 5.74) is 9.23. The number of benzene rings is 2. The molecule has 1 unspecified atom stereocenters. The van der Waals surface area contributed by atoms with Gasteiger partial charge in [0.05, 0.1) is 12.8 Å². The Kier molecular flexibility index (Phi) is 4.04. The summed E-state index contributed by atoms with van der Waals surface area (Å²) < 4.78 is 6.38. The first-order chi connectivity index (χ1) is 12.1. The molecule has 1 N–H and O–H groups in total. The lowest BCUT2D eigenvalue weighted by Crippen LogP contribution is -2.38. The normalized spacial score (nSPS) is 18.5. The molecule has 2 aromatic carbocycles. The zero-order chi connectivity index (χ0) is 17.6. The van der Waals surface area contributed by atoms with Crippen molar-refractivity contribution >= 4 is 27.5 Å². The standard InChI is InChI=1S/C20H19BrN2O2/c1-12(24)23-20(13-3-6-15(21)7-4-13)18-9-5-14-11-16(25-2)8-10-17(14)19(18)22-23/h3-4,6-8,10-11,20,22H,5,9H2,1-2H3. The van der Waals surface area contributed by atoms with E-state index >= 15 is 0 Å². The van der Waals surface area contributed by atoms with E-state index in [1.807, 2.05) is 18.2 Å². The van der Waals surface area contributed by atoms with Crippen LogP contribution in [0.3, 0.4) is 0 Å². The molecule has 25 heavy (non-hydrogen) atoms. The van der Waals surface area contributed by atoms with E-state index in [2.05, 4.69) is 45.6 Å². The second kappa shape index (κ2) is 6.23. The number of hydrazine groups is 1. The molecule has 1 aliphatic carbocycles. The Balaban J connectivity index is 1.81. The van der Waals surface area contributed by atoms with Crippen molar-refractivity contribution in [1.82, 2.24) is 10.4 Å². The number of carbonyl (C=O) groups is 1. The molecule has 1 amide bonds. The molecular weight excluding hydrogens is 380 g/mol. The zero-order valence-electron chi connectivity index (χ0n) is 14.2. The second-order valence-corrected chi connectivity index (χ2v) is 7.29. The van der Waals surface area contributed by atoms with Crippen molar-refractivity contribution in [2.24, 2.45) is 0 Å². The van der Waals surface area contributed by atoms with Crippen molar-refractivity contribution in [3.8, 4) is 5.75 Å². The van der Waals surface area contributed by atoms with Gasteiger partial charge in [0.15, 0.2) is 0 Å². The summed E-state index contributed by atoms with van der Waals surface area (Å²) in [5, 5.41) is 1.74. The van der Waals surface area contributed by atoms with Gasteiger partial charge in [-0.25, -0.2) is 5.01 Å². The van der Waals surface area contributed by atoms with Gasteiger partial charge >= 0.3 is 0 Å². The van der Waals surface area contributed by atoms with Crippen LogP contribution >= 0.6 is 15.9 Å². The molecule has 0 fully saturated rings. The van der Waals surface area contributed by atoms with Crippen LogP contribution in [-0.4, -0.2) is 18.0 Å². The summed E-state index contributed by atoms with van der Waals surface area (Å²) in [6.07, 6.45) is 1.87. The first kappa shape index (κ1) is 16.2. The van der Waals surface area contributed by atoms with Crippen LogP contribution in [0.25, 0.3) is 5.70 Å². The number of hydrogen-bond donors (Lipinski definition) is 1. The van der Waals surface area contributed by atoms with Crippen LogP contribution in [0.5, 0.6) is 5.75 Å². The molecule has 128 valence electrons. The third-order valence-electron chi connectivity index (χ3n) is 4.91. The van der Waals surface area contributed by atoms with E-state index in [9.17, 15) is 4.79 Å². The number of carbonyl (C=O) groups excluding carboxylic acids is 1. The minimum atomic E-state index is -0.0594. The van der Waals surface area contributed by atoms with Crippen molar-refractivity contribution in [3.05, 3.63) is 69.2 Å². The van der Waals surface area contributed by atoms with Gasteiger partial charge in [0.25, 0.3) is 0 Å². The fourth-order valence-corrected chi connectivity index (χ4v) is 3.98. The molecule has 0 aromatic heterocycles. The molecule has 0 saturated carbocycles. The molecular formula is C20H19BrN2O2. The molecule has 0 radical (unpaired) electrons. The number of hydrogen-bond acceptors (Lipinski definition) is 3. The maximum Gasteiger partial charge on any atom is 0.238 e. The van der Waals surface area contributed by atoms with Gasteiger partial charge in [-0.15, -0.1) is 0 Å². The van der Waals surface area contributed by atoms with Gasteiger partial charge in [0.1, 0.15) is 11.8 Å². The lowest BCUT2D eigenvalue weighted by molar-refractivity contribution is -0.132. The molecule has 0 saturated heterocycles. The van der Waals surface area contributed by atoms with Gasteiger partial charge in [0.2, 0.25) is 5.91 Å². The average molecular weight is 399 g/mol. The highest BCUT2D eigenvalue weighted by atomic mass is 79.9. The number of rotatable bonds is 2. The highest BCUT2D eigenvalue weighted by Gasteiger charge is 2.38. The fraction of sp³-hybridized carbons (Fsp3) is 0.250. The fourth-order valence-electron chi connectivity index (χ4n) is 3.72. The third kappa shape index (κ3) is 2.72. The quantitative estimate of drug-likeness (QED) is 0.822. The zero-order valence-corrected chi connectivity index (χ0v) is 15.8. The van der Waals surface area contributed by atoms with Gasteiger partial charge in [-0.2, -0.15) is 0 Å². The van der Waals surface area contributed by atoms with Gasteiger partial charge < -0.3 is 4.74 Å². The van der Waals surface area contributed by atoms with Crippen LogP contribution in [0.15, 0.2) is 52.5 Å². The van der Waals surface area contributed by atoms with Gasteiger partial charge in [-0.05, 0) is 59.9 Å². The van der Waals surface area contributed by atoms with Crippen molar-refractivity contribution in [2.45, 2.75) is 25.8 Å². The topological polar surface area (TPSA) is 41.6 Å². The lowest BCUT2D eigenvalue weighted by atomic mass is 9.85. The predicted molar refractivity (Wildman–Crippen MR) is 101 cm³/mol. The predicted octanol–water partition coefficient (Wildman–Crippen LogP) is 4.22. The van der Waals surface area contributed by atoms with Crippen molar-refractivity contribution in [3.63, 3.8) is 0 Å². The number of aryl methyl sites for hydroxylation is 1. The Labute approximate surface area is 155 Å². The van der Waals surface area contributed by atoms with Crippen molar-refractivity contribution < 1.29 is 9.53 Å². The highest BCUT2D eigenvalue weighted by Crippen LogP contribution is 2.44.